The van der Waals surface area contributed by atoms with E-state index in [2.05, 4.69) is 15.5 Å². The maximum Gasteiger partial charge on any atom is 0.238 e. The minimum Gasteiger partial charge on any atom is -0.497 e. The van der Waals surface area contributed by atoms with E-state index in [1.54, 1.807) is 32.4 Å². The Kier molecular flexibility index (Phi) is 7.52. The van der Waals surface area contributed by atoms with Gasteiger partial charge in [0.1, 0.15) is 11.5 Å². The summed E-state index contributed by atoms with van der Waals surface area (Å²) in [6.07, 6.45) is 2.41. The second-order valence-electron chi connectivity index (χ2n) is 7.88. The minimum atomic E-state index is -0.121. The zero-order valence-electron chi connectivity index (χ0n) is 18.7. The lowest BCUT2D eigenvalue weighted by atomic mass is 10.1. The molecule has 0 atom stereocenters. The number of hydrogen-bond acceptors (Lipinski definition) is 5. The lowest BCUT2D eigenvalue weighted by Crippen LogP contribution is -2.37. The summed E-state index contributed by atoms with van der Waals surface area (Å²) in [5.74, 6) is 1.02. The summed E-state index contributed by atoms with van der Waals surface area (Å²) in [5.41, 5.74) is 3.55. The van der Waals surface area contributed by atoms with E-state index >= 15 is 0 Å². The fraction of sp³-hybridized carbons (Fsp3) is 0.417. The van der Waals surface area contributed by atoms with Crippen LogP contribution in [0.4, 0.5) is 11.4 Å². The Morgan fingerprint density at radius 1 is 1.00 bits per heavy atom. The van der Waals surface area contributed by atoms with Crippen molar-refractivity contribution in [1.82, 2.24) is 4.90 Å². The molecule has 166 valence electrons. The molecule has 2 amide bonds. The van der Waals surface area contributed by atoms with Crippen LogP contribution in [0, 0.1) is 13.8 Å². The van der Waals surface area contributed by atoms with E-state index in [4.69, 9.17) is 9.47 Å². The molecule has 1 saturated carbocycles. The number of aryl methyl sites for hydroxylation is 2. The van der Waals surface area contributed by atoms with Gasteiger partial charge in [-0.15, -0.1) is 0 Å². The van der Waals surface area contributed by atoms with Gasteiger partial charge in [0.05, 0.1) is 26.5 Å². The van der Waals surface area contributed by atoms with Crippen molar-refractivity contribution < 1.29 is 19.1 Å². The second kappa shape index (κ2) is 10.3. The molecule has 0 radical (unpaired) electrons. The Bertz CT molecular complexity index is 920. The lowest BCUT2D eigenvalue weighted by molar-refractivity contribution is -0.119. The Morgan fingerprint density at radius 2 is 1.71 bits per heavy atom. The van der Waals surface area contributed by atoms with Gasteiger partial charge in [0.15, 0.2) is 0 Å². The molecule has 0 saturated heterocycles. The maximum atomic E-state index is 12.7. The summed E-state index contributed by atoms with van der Waals surface area (Å²) >= 11 is 0. The molecule has 0 bridgehead atoms. The zero-order valence-corrected chi connectivity index (χ0v) is 18.7. The molecule has 2 N–H and O–H groups in total. The van der Waals surface area contributed by atoms with Gasteiger partial charge in [0.2, 0.25) is 11.8 Å². The van der Waals surface area contributed by atoms with Gasteiger partial charge in [0.25, 0.3) is 0 Å². The molecule has 0 aromatic heterocycles. The minimum absolute atomic E-state index is 0.0541. The van der Waals surface area contributed by atoms with Crippen molar-refractivity contribution in [1.29, 1.82) is 0 Å². The predicted octanol–water partition coefficient (Wildman–Crippen LogP) is 3.75. The average molecular weight is 426 g/mol. The van der Waals surface area contributed by atoms with E-state index in [1.165, 1.54) is 0 Å². The van der Waals surface area contributed by atoms with E-state index in [0.717, 1.165) is 29.7 Å². The molecule has 2 aromatic carbocycles. The van der Waals surface area contributed by atoms with Gasteiger partial charge in [-0.1, -0.05) is 18.2 Å². The molecule has 3 rings (SSSR count). The number of benzene rings is 2. The number of carbonyl (C=O) groups is 2. The fourth-order valence-electron chi connectivity index (χ4n) is 3.57. The topological polar surface area (TPSA) is 79.9 Å². The van der Waals surface area contributed by atoms with Gasteiger partial charge in [-0.05, 0) is 49.9 Å². The predicted molar refractivity (Wildman–Crippen MR) is 122 cm³/mol. The highest BCUT2D eigenvalue weighted by molar-refractivity contribution is 5.94. The van der Waals surface area contributed by atoms with Gasteiger partial charge in [0, 0.05) is 30.8 Å². The molecule has 7 heteroatoms. The van der Waals surface area contributed by atoms with Crippen molar-refractivity contribution in [2.45, 2.75) is 39.2 Å². The molecular formula is C24H31N3O4. The summed E-state index contributed by atoms with van der Waals surface area (Å²) in [4.78, 5) is 27.3. The summed E-state index contributed by atoms with van der Waals surface area (Å²) in [7, 11) is 3.13. The van der Waals surface area contributed by atoms with Crippen LogP contribution in [0.3, 0.4) is 0 Å². The Labute approximate surface area is 183 Å². The van der Waals surface area contributed by atoms with Crippen molar-refractivity contribution in [2.24, 2.45) is 0 Å². The monoisotopic (exact) mass is 425 g/mol. The average Bonchev–Trinajstić information content (AvgIpc) is 3.59. The number of rotatable bonds is 10. The van der Waals surface area contributed by atoms with Crippen LogP contribution in [-0.2, 0) is 9.59 Å². The normalized spacial score (nSPS) is 13.1. The number of methoxy groups -OCH3 is 2. The number of carbonyl (C=O) groups excluding carboxylic acids is 2. The quantitative estimate of drug-likeness (QED) is 0.606. The molecule has 1 fully saturated rings. The van der Waals surface area contributed by atoms with Crippen LogP contribution < -0.4 is 20.1 Å². The molecule has 2 aromatic rings. The van der Waals surface area contributed by atoms with Crippen LogP contribution in [0.5, 0.6) is 11.5 Å². The van der Waals surface area contributed by atoms with Crippen LogP contribution in [-0.4, -0.2) is 50.1 Å². The summed E-state index contributed by atoms with van der Waals surface area (Å²) < 4.78 is 10.5. The summed E-state index contributed by atoms with van der Waals surface area (Å²) in [5, 5.41) is 5.92. The highest BCUT2D eigenvalue weighted by atomic mass is 16.5. The SMILES string of the molecule is COc1ccc(NC(=O)CCN(CC(=O)Nc2c(C)cccc2C)C2CC2)c(OC)c1. The van der Waals surface area contributed by atoms with Crippen molar-refractivity contribution in [3.05, 3.63) is 47.5 Å². The molecule has 1 aliphatic rings. The highest BCUT2D eigenvalue weighted by Gasteiger charge is 2.30. The standard InChI is InChI=1S/C24H31N3O4/c1-16-6-5-7-17(2)24(16)26-23(29)15-27(18-8-9-18)13-12-22(28)25-20-11-10-19(30-3)14-21(20)31-4/h5-7,10-11,14,18H,8-9,12-13,15H2,1-4H3,(H,25,28)(H,26,29). The first-order valence-electron chi connectivity index (χ1n) is 10.5. The van der Waals surface area contributed by atoms with E-state index in [1.807, 2.05) is 32.0 Å². The largest absolute Gasteiger partial charge is 0.497 e. The van der Waals surface area contributed by atoms with Crippen LogP contribution in [0.25, 0.3) is 0 Å². The van der Waals surface area contributed by atoms with Gasteiger partial charge in [-0.2, -0.15) is 0 Å². The lowest BCUT2D eigenvalue weighted by Gasteiger charge is -2.22. The maximum absolute atomic E-state index is 12.7. The van der Waals surface area contributed by atoms with Crippen LogP contribution >= 0.6 is 0 Å². The Morgan fingerprint density at radius 3 is 2.32 bits per heavy atom. The van der Waals surface area contributed by atoms with E-state index < -0.39 is 0 Å². The number of anilines is 2. The van der Waals surface area contributed by atoms with Crippen LogP contribution in [0.1, 0.15) is 30.4 Å². The highest BCUT2D eigenvalue weighted by Crippen LogP contribution is 2.30. The van der Waals surface area contributed by atoms with Crippen molar-refractivity contribution in [3.63, 3.8) is 0 Å². The number of ether oxygens (including phenoxy) is 2. The van der Waals surface area contributed by atoms with Gasteiger partial charge >= 0.3 is 0 Å². The number of hydrogen-bond donors (Lipinski definition) is 2. The third-order valence-electron chi connectivity index (χ3n) is 5.46. The smallest absolute Gasteiger partial charge is 0.238 e. The fourth-order valence-corrected chi connectivity index (χ4v) is 3.57. The van der Waals surface area contributed by atoms with E-state index in [-0.39, 0.29) is 18.4 Å². The third kappa shape index (κ3) is 6.21. The molecular weight excluding hydrogens is 394 g/mol. The number of nitrogens with one attached hydrogen (secondary N) is 2. The van der Waals surface area contributed by atoms with Crippen molar-refractivity contribution >= 4 is 23.2 Å². The molecule has 0 aliphatic heterocycles. The van der Waals surface area contributed by atoms with Gasteiger partial charge in [-0.3, -0.25) is 14.5 Å². The van der Waals surface area contributed by atoms with E-state index in [9.17, 15) is 9.59 Å². The molecule has 31 heavy (non-hydrogen) atoms. The third-order valence-corrected chi connectivity index (χ3v) is 5.46. The van der Waals surface area contributed by atoms with Crippen LogP contribution in [0.2, 0.25) is 0 Å². The zero-order chi connectivity index (χ0) is 22.4. The second-order valence-corrected chi connectivity index (χ2v) is 7.88. The van der Waals surface area contributed by atoms with Crippen LogP contribution in [0.15, 0.2) is 36.4 Å². The number of nitrogens with zero attached hydrogens (tertiary/aromatic N) is 1. The molecule has 7 nitrogen and oxygen atoms in total. The first-order valence-corrected chi connectivity index (χ1v) is 10.5. The first kappa shape index (κ1) is 22.6. The molecule has 0 spiro atoms. The van der Waals surface area contributed by atoms with Crippen molar-refractivity contribution in [3.8, 4) is 11.5 Å². The number of amides is 2. The Hall–Kier alpha value is -3.06. The summed E-state index contributed by atoms with van der Waals surface area (Å²) in [6, 6.07) is 11.6. The molecule has 1 aliphatic carbocycles. The van der Waals surface area contributed by atoms with E-state index in [0.29, 0.717) is 36.2 Å². The van der Waals surface area contributed by atoms with Gasteiger partial charge < -0.3 is 20.1 Å². The molecule has 0 unspecified atom stereocenters. The van der Waals surface area contributed by atoms with Crippen molar-refractivity contribution in [2.75, 3.05) is 37.9 Å². The van der Waals surface area contributed by atoms with Gasteiger partial charge in [-0.25, -0.2) is 0 Å². The summed E-state index contributed by atoms with van der Waals surface area (Å²) in [6.45, 7) is 4.77. The number of para-hydroxylation sites is 1. The Balaban J connectivity index is 1.55. The first-order chi connectivity index (χ1) is 14.9. The molecule has 0 heterocycles.